The zero-order valence-electron chi connectivity index (χ0n) is 18.9. The summed E-state index contributed by atoms with van der Waals surface area (Å²) in [6, 6.07) is 8.40. The summed E-state index contributed by atoms with van der Waals surface area (Å²) in [5.74, 6) is -2.09. The molecule has 0 aliphatic heterocycles. The highest BCUT2D eigenvalue weighted by atomic mass is 19.1. The molecular weight excluding hydrogens is 398 g/mol. The third kappa shape index (κ3) is 5.92. The molecule has 2 amide bonds. The van der Waals surface area contributed by atoms with Gasteiger partial charge in [0.25, 0.3) is 11.8 Å². The Bertz CT molecular complexity index is 952. The molecule has 0 bridgehead atoms. The van der Waals surface area contributed by atoms with Crippen LogP contribution in [0.2, 0.25) is 0 Å². The molecule has 0 spiro atoms. The predicted octanol–water partition coefficient (Wildman–Crippen LogP) is 2.73. The van der Waals surface area contributed by atoms with Crippen LogP contribution >= 0.6 is 0 Å². The molecule has 2 aromatic rings. The van der Waals surface area contributed by atoms with E-state index in [0.29, 0.717) is 12.0 Å². The highest BCUT2D eigenvalue weighted by molar-refractivity contribution is 6.58. The van der Waals surface area contributed by atoms with Crippen LogP contribution < -0.4 is 10.9 Å². The second-order valence-corrected chi connectivity index (χ2v) is 8.90. The van der Waals surface area contributed by atoms with Gasteiger partial charge in [-0.05, 0) is 55.4 Å². The maximum absolute atomic E-state index is 14.5. The number of benzene rings is 2. The van der Waals surface area contributed by atoms with E-state index < -0.39 is 18.8 Å². The lowest BCUT2D eigenvalue weighted by Crippen LogP contribution is -2.56. The largest absolute Gasteiger partial charge is 0.488 e. The minimum atomic E-state index is -1.85. The fourth-order valence-electron chi connectivity index (χ4n) is 3.74. The SMILES string of the molecule is CCC(N(NC(=O)c1ccc(B(O)O)cc1F)C(=O)c1cc(C)cc(C)c1)C(C)(C)C. The van der Waals surface area contributed by atoms with Gasteiger partial charge in [-0.1, -0.05) is 51.0 Å². The second-order valence-electron chi connectivity index (χ2n) is 8.90. The molecule has 0 fully saturated rings. The van der Waals surface area contributed by atoms with Gasteiger partial charge in [0.15, 0.2) is 0 Å². The fourth-order valence-corrected chi connectivity index (χ4v) is 3.74. The third-order valence-electron chi connectivity index (χ3n) is 5.14. The third-order valence-corrected chi connectivity index (χ3v) is 5.14. The molecule has 2 aromatic carbocycles. The molecule has 1 unspecified atom stereocenters. The summed E-state index contributed by atoms with van der Waals surface area (Å²) in [6.45, 7) is 11.6. The molecule has 0 aromatic heterocycles. The van der Waals surface area contributed by atoms with Crippen LogP contribution in [0.1, 0.15) is 66.0 Å². The molecule has 166 valence electrons. The fraction of sp³-hybridized carbons (Fsp3) is 0.391. The van der Waals surface area contributed by atoms with Crippen molar-refractivity contribution in [3.05, 3.63) is 64.5 Å². The Kier molecular flexibility index (Phi) is 7.62. The molecule has 31 heavy (non-hydrogen) atoms. The van der Waals surface area contributed by atoms with E-state index in [0.717, 1.165) is 23.3 Å². The van der Waals surface area contributed by atoms with Gasteiger partial charge < -0.3 is 10.0 Å². The van der Waals surface area contributed by atoms with Crippen LogP contribution in [0.25, 0.3) is 0 Å². The van der Waals surface area contributed by atoms with Crippen LogP contribution in [0.15, 0.2) is 36.4 Å². The number of carbonyl (C=O) groups is 2. The van der Waals surface area contributed by atoms with E-state index >= 15 is 0 Å². The molecule has 2 rings (SSSR count). The van der Waals surface area contributed by atoms with E-state index in [1.165, 1.54) is 11.1 Å². The minimum Gasteiger partial charge on any atom is -0.423 e. The minimum absolute atomic E-state index is 0.0710. The molecule has 8 heteroatoms. The maximum atomic E-state index is 14.5. The van der Waals surface area contributed by atoms with E-state index in [1.54, 1.807) is 12.1 Å². The number of carbonyl (C=O) groups excluding carboxylic acids is 2. The smallest absolute Gasteiger partial charge is 0.423 e. The number of halogens is 1. The molecule has 0 radical (unpaired) electrons. The van der Waals surface area contributed by atoms with Crippen molar-refractivity contribution in [3.8, 4) is 0 Å². The maximum Gasteiger partial charge on any atom is 0.488 e. The molecule has 0 aliphatic rings. The summed E-state index contributed by atoms with van der Waals surface area (Å²) in [7, 11) is -1.85. The standard InChI is InChI=1S/C23H30BFN2O4/c1-7-20(23(4,5)6)27(22(29)16-11-14(2)10-15(3)12-16)26-21(28)18-9-8-17(24(30)31)13-19(18)25/h8-13,20,30-31H,7H2,1-6H3,(H,26,28). The Labute approximate surface area is 183 Å². The predicted molar refractivity (Wildman–Crippen MR) is 119 cm³/mol. The Balaban J connectivity index is 2.46. The molecular formula is C23H30BFN2O4. The highest BCUT2D eigenvalue weighted by Crippen LogP contribution is 2.27. The van der Waals surface area contributed by atoms with E-state index in [2.05, 4.69) is 5.43 Å². The molecule has 3 N–H and O–H groups in total. The molecule has 0 heterocycles. The van der Waals surface area contributed by atoms with Crippen LogP contribution in [0.5, 0.6) is 0 Å². The van der Waals surface area contributed by atoms with Crippen molar-refractivity contribution in [2.75, 3.05) is 0 Å². The first-order chi connectivity index (χ1) is 14.3. The lowest BCUT2D eigenvalue weighted by molar-refractivity contribution is 0.0283. The van der Waals surface area contributed by atoms with E-state index in [9.17, 15) is 24.0 Å². The summed E-state index contributed by atoms with van der Waals surface area (Å²) in [4.78, 5) is 26.3. The van der Waals surface area contributed by atoms with E-state index in [-0.39, 0.29) is 28.4 Å². The summed E-state index contributed by atoms with van der Waals surface area (Å²) >= 11 is 0. The first kappa shape index (κ1) is 24.6. The average molecular weight is 428 g/mol. The van der Waals surface area contributed by atoms with Gasteiger partial charge >= 0.3 is 7.12 Å². The lowest BCUT2D eigenvalue weighted by atomic mass is 9.80. The molecule has 0 saturated carbocycles. The van der Waals surface area contributed by atoms with Crippen LogP contribution in [-0.4, -0.2) is 40.0 Å². The number of amides is 2. The highest BCUT2D eigenvalue weighted by Gasteiger charge is 2.34. The van der Waals surface area contributed by atoms with Crippen molar-refractivity contribution >= 4 is 24.4 Å². The zero-order chi connectivity index (χ0) is 23.5. The van der Waals surface area contributed by atoms with Crippen molar-refractivity contribution in [3.63, 3.8) is 0 Å². The first-order valence-corrected chi connectivity index (χ1v) is 10.2. The first-order valence-electron chi connectivity index (χ1n) is 10.2. The summed E-state index contributed by atoms with van der Waals surface area (Å²) in [5.41, 5.74) is 4.13. The van der Waals surface area contributed by atoms with Crippen molar-refractivity contribution in [1.29, 1.82) is 0 Å². The average Bonchev–Trinajstić information content (AvgIpc) is 2.65. The topological polar surface area (TPSA) is 89.9 Å². The quantitative estimate of drug-likeness (QED) is 0.505. The van der Waals surface area contributed by atoms with Gasteiger partial charge in [-0.3, -0.25) is 15.0 Å². The number of hydrogen-bond acceptors (Lipinski definition) is 4. The summed E-state index contributed by atoms with van der Waals surface area (Å²) in [6.07, 6.45) is 0.568. The van der Waals surface area contributed by atoms with Gasteiger partial charge in [-0.2, -0.15) is 0 Å². The van der Waals surface area contributed by atoms with Crippen molar-refractivity contribution < 1.29 is 24.0 Å². The van der Waals surface area contributed by atoms with Gasteiger partial charge in [0.2, 0.25) is 0 Å². The summed E-state index contributed by atoms with van der Waals surface area (Å²) < 4.78 is 14.5. The van der Waals surface area contributed by atoms with Gasteiger partial charge in [0, 0.05) is 5.56 Å². The van der Waals surface area contributed by atoms with Gasteiger partial charge in [0.1, 0.15) is 5.82 Å². The lowest BCUT2D eigenvalue weighted by Gasteiger charge is -2.39. The van der Waals surface area contributed by atoms with Crippen LogP contribution in [-0.2, 0) is 0 Å². The molecule has 0 aliphatic carbocycles. The number of hydrogen-bond donors (Lipinski definition) is 3. The number of nitrogens with one attached hydrogen (secondary N) is 1. The normalized spacial score (nSPS) is 12.3. The van der Waals surface area contributed by atoms with Crippen molar-refractivity contribution in [2.45, 2.75) is 54.0 Å². The Morgan fingerprint density at radius 3 is 2.13 bits per heavy atom. The summed E-state index contributed by atoms with van der Waals surface area (Å²) in [5, 5.41) is 19.7. The van der Waals surface area contributed by atoms with Crippen LogP contribution in [0.4, 0.5) is 4.39 Å². The molecule has 1 atom stereocenters. The Hall–Kier alpha value is -2.71. The molecule has 0 saturated heterocycles. The van der Waals surface area contributed by atoms with Crippen LogP contribution in [0.3, 0.4) is 0 Å². The Morgan fingerprint density at radius 1 is 1.10 bits per heavy atom. The van der Waals surface area contributed by atoms with E-state index in [1.807, 2.05) is 47.6 Å². The number of hydrazine groups is 1. The van der Waals surface area contributed by atoms with Gasteiger partial charge in [-0.25, -0.2) is 9.40 Å². The molecule has 6 nitrogen and oxygen atoms in total. The van der Waals surface area contributed by atoms with Crippen LogP contribution in [0, 0.1) is 25.1 Å². The monoisotopic (exact) mass is 428 g/mol. The van der Waals surface area contributed by atoms with Crippen molar-refractivity contribution in [1.82, 2.24) is 10.4 Å². The Morgan fingerprint density at radius 2 is 1.68 bits per heavy atom. The van der Waals surface area contributed by atoms with Gasteiger partial charge in [0.05, 0.1) is 11.6 Å². The van der Waals surface area contributed by atoms with Crippen molar-refractivity contribution in [2.24, 2.45) is 5.41 Å². The number of rotatable bonds is 5. The zero-order valence-corrected chi connectivity index (χ0v) is 18.9. The van der Waals surface area contributed by atoms with E-state index in [4.69, 9.17) is 0 Å². The number of aryl methyl sites for hydroxylation is 2. The second kappa shape index (κ2) is 9.62. The number of nitrogens with zero attached hydrogens (tertiary/aromatic N) is 1. The van der Waals surface area contributed by atoms with Gasteiger partial charge in [-0.15, -0.1) is 0 Å².